The molecule has 0 spiro atoms. The van der Waals surface area contributed by atoms with Crippen LogP contribution >= 0.6 is 11.6 Å². The van der Waals surface area contributed by atoms with Crippen molar-refractivity contribution < 1.29 is 22.7 Å². The fourth-order valence-electron chi connectivity index (χ4n) is 3.37. The molecule has 0 radical (unpaired) electrons. The first kappa shape index (κ1) is 23.2. The number of carbonyl (C=O) groups excluding carboxylic acids is 2. The second kappa shape index (κ2) is 10.3. The Hall–Kier alpha value is -2.42. The van der Waals surface area contributed by atoms with Gasteiger partial charge in [0.15, 0.2) is 0 Å². The number of ether oxygens (including phenoxy) is 1. The van der Waals surface area contributed by atoms with Crippen molar-refractivity contribution in [2.45, 2.75) is 37.5 Å². The topological polar surface area (TPSA) is 92.8 Å². The molecule has 7 nitrogen and oxygen atoms in total. The fraction of sp³-hybridized carbons (Fsp3) is 0.364. The van der Waals surface area contributed by atoms with E-state index in [4.69, 9.17) is 16.3 Å². The molecule has 1 aliphatic heterocycles. The van der Waals surface area contributed by atoms with E-state index in [0.29, 0.717) is 24.3 Å². The van der Waals surface area contributed by atoms with Gasteiger partial charge in [0, 0.05) is 18.8 Å². The summed E-state index contributed by atoms with van der Waals surface area (Å²) < 4.78 is 32.5. The van der Waals surface area contributed by atoms with Crippen molar-refractivity contribution in [2.24, 2.45) is 0 Å². The lowest BCUT2D eigenvalue weighted by atomic mass is 10.2. The van der Waals surface area contributed by atoms with Gasteiger partial charge in [0.1, 0.15) is 0 Å². The summed E-state index contributed by atoms with van der Waals surface area (Å²) in [4.78, 5) is 24.6. The van der Waals surface area contributed by atoms with Gasteiger partial charge in [-0.1, -0.05) is 24.4 Å². The highest BCUT2D eigenvalue weighted by atomic mass is 35.5. The van der Waals surface area contributed by atoms with Gasteiger partial charge in [0.2, 0.25) is 10.0 Å². The zero-order valence-electron chi connectivity index (χ0n) is 17.3. The number of amides is 1. The van der Waals surface area contributed by atoms with Gasteiger partial charge in [0.05, 0.1) is 27.7 Å². The van der Waals surface area contributed by atoms with Gasteiger partial charge >= 0.3 is 5.97 Å². The Labute approximate surface area is 187 Å². The monoisotopic (exact) mass is 464 g/mol. The molecule has 1 amide bonds. The lowest BCUT2D eigenvalue weighted by Crippen LogP contribution is -2.32. The Bertz CT molecular complexity index is 1050. The largest absolute Gasteiger partial charge is 0.462 e. The number of sulfonamides is 1. The van der Waals surface area contributed by atoms with E-state index in [-0.39, 0.29) is 22.1 Å². The average Bonchev–Trinajstić information content (AvgIpc) is 3.05. The van der Waals surface area contributed by atoms with Crippen LogP contribution in [-0.2, 0) is 14.8 Å². The SMILES string of the molecule is CCOC(=O)c1ccc(NC(=O)c2cc(S(=O)(=O)N3CCCCCC3)ccc2Cl)cc1. The molecule has 0 aliphatic carbocycles. The number of carbonyl (C=O) groups is 2. The minimum Gasteiger partial charge on any atom is -0.462 e. The maximum atomic E-state index is 13.0. The van der Waals surface area contributed by atoms with Crippen LogP contribution in [0.1, 0.15) is 53.3 Å². The number of hydrogen-bond acceptors (Lipinski definition) is 5. The van der Waals surface area contributed by atoms with E-state index in [1.54, 1.807) is 19.1 Å². The van der Waals surface area contributed by atoms with Crippen LogP contribution in [0.15, 0.2) is 47.4 Å². The molecule has 166 valence electrons. The molecule has 0 saturated carbocycles. The average molecular weight is 465 g/mol. The number of benzene rings is 2. The summed E-state index contributed by atoms with van der Waals surface area (Å²) in [6.45, 7) is 2.93. The molecule has 0 bridgehead atoms. The quantitative estimate of drug-likeness (QED) is 0.642. The molecule has 1 N–H and O–H groups in total. The van der Waals surface area contributed by atoms with Gasteiger partial charge in [-0.3, -0.25) is 4.79 Å². The standard InChI is InChI=1S/C22H25ClN2O5S/c1-2-30-22(27)16-7-9-17(10-8-16)24-21(26)19-15-18(11-12-20(19)23)31(28,29)25-13-5-3-4-6-14-25/h7-12,15H,2-6,13-14H2,1H3,(H,24,26). The highest BCUT2D eigenvalue weighted by Gasteiger charge is 2.26. The maximum Gasteiger partial charge on any atom is 0.338 e. The molecule has 3 rings (SSSR count). The normalized spacial score (nSPS) is 15.2. The second-order valence-electron chi connectivity index (χ2n) is 7.21. The first-order chi connectivity index (χ1) is 14.8. The number of rotatable bonds is 6. The van der Waals surface area contributed by atoms with Gasteiger partial charge in [-0.2, -0.15) is 4.31 Å². The molecule has 1 saturated heterocycles. The third-order valence-electron chi connectivity index (χ3n) is 5.04. The van der Waals surface area contributed by atoms with E-state index >= 15 is 0 Å². The lowest BCUT2D eigenvalue weighted by molar-refractivity contribution is 0.0526. The molecule has 2 aromatic rings. The number of nitrogens with zero attached hydrogens (tertiary/aromatic N) is 1. The van der Waals surface area contributed by atoms with Gasteiger partial charge in [-0.05, 0) is 62.2 Å². The lowest BCUT2D eigenvalue weighted by Gasteiger charge is -2.20. The van der Waals surface area contributed by atoms with Crippen LogP contribution in [0.5, 0.6) is 0 Å². The first-order valence-corrected chi connectivity index (χ1v) is 12.0. The van der Waals surface area contributed by atoms with Crippen LogP contribution in [0.25, 0.3) is 0 Å². The number of esters is 1. The molecule has 9 heteroatoms. The maximum absolute atomic E-state index is 13.0. The van der Waals surface area contributed by atoms with Gasteiger partial charge in [0.25, 0.3) is 5.91 Å². The highest BCUT2D eigenvalue weighted by Crippen LogP contribution is 2.26. The molecular weight excluding hydrogens is 440 g/mol. The van der Waals surface area contributed by atoms with Crippen molar-refractivity contribution in [1.82, 2.24) is 4.31 Å². The zero-order valence-corrected chi connectivity index (χ0v) is 18.8. The molecule has 1 fully saturated rings. The van der Waals surface area contributed by atoms with Crippen molar-refractivity contribution in [3.8, 4) is 0 Å². The van der Waals surface area contributed by atoms with E-state index in [9.17, 15) is 18.0 Å². The van der Waals surface area contributed by atoms with Crippen LogP contribution in [0.4, 0.5) is 5.69 Å². The molecule has 0 unspecified atom stereocenters. The van der Waals surface area contributed by atoms with Gasteiger partial charge in [-0.25, -0.2) is 13.2 Å². The zero-order chi connectivity index (χ0) is 22.4. The molecule has 1 aliphatic rings. The number of nitrogens with one attached hydrogen (secondary N) is 1. The van der Waals surface area contributed by atoms with Crippen LogP contribution in [-0.4, -0.2) is 44.3 Å². The Morgan fingerprint density at radius 2 is 1.68 bits per heavy atom. The van der Waals surface area contributed by atoms with Gasteiger partial charge in [-0.15, -0.1) is 0 Å². The Balaban J connectivity index is 1.79. The number of hydrogen-bond donors (Lipinski definition) is 1. The van der Waals surface area contributed by atoms with Crippen molar-refractivity contribution in [2.75, 3.05) is 25.0 Å². The fourth-order valence-corrected chi connectivity index (χ4v) is 5.12. The predicted molar refractivity (Wildman–Crippen MR) is 119 cm³/mol. The van der Waals surface area contributed by atoms with Crippen molar-refractivity contribution in [1.29, 1.82) is 0 Å². The van der Waals surface area contributed by atoms with Crippen molar-refractivity contribution in [3.63, 3.8) is 0 Å². The Morgan fingerprint density at radius 3 is 2.29 bits per heavy atom. The number of anilines is 1. The summed E-state index contributed by atoms with van der Waals surface area (Å²) in [5.41, 5.74) is 0.866. The minimum absolute atomic E-state index is 0.0432. The molecule has 1 heterocycles. The van der Waals surface area contributed by atoms with Crippen molar-refractivity contribution >= 4 is 39.2 Å². The third kappa shape index (κ3) is 5.64. The van der Waals surface area contributed by atoms with E-state index < -0.39 is 21.9 Å². The number of halogens is 1. The van der Waals surface area contributed by atoms with Crippen LogP contribution in [0.3, 0.4) is 0 Å². The van der Waals surface area contributed by atoms with Gasteiger partial charge < -0.3 is 10.1 Å². The highest BCUT2D eigenvalue weighted by molar-refractivity contribution is 7.89. The summed E-state index contributed by atoms with van der Waals surface area (Å²) in [5, 5.41) is 2.83. The summed E-state index contributed by atoms with van der Waals surface area (Å²) in [7, 11) is -3.71. The van der Waals surface area contributed by atoms with E-state index in [2.05, 4.69) is 5.32 Å². The molecule has 31 heavy (non-hydrogen) atoms. The molecular formula is C22H25ClN2O5S. The Kier molecular flexibility index (Phi) is 7.69. The van der Waals surface area contributed by atoms with Crippen molar-refractivity contribution in [3.05, 3.63) is 58.6 Å². The molecule has 0 atom stereocenters. The molecule has 2 aromatic carbocycles. The van der Waals surface area contributed by atoms with Crippen LogP contribution < -0.4 is 5.32 Å². The summed E-state index contributed by atoms with van der Waals surface area (Å²) in [5.74, 6) is -0.989. The van der Waals surface area contributed by atoms with Crippen LogP contribution in [0, 0.1) is 0 Å². The molecule has 0 aromatic heterocycles. The second-order valence-corrected chi connectivity index (χ2v) is 9.56. The summed E-state index contributed by atoms with van der Waals surface area (Å²) in [6, 6.07) is 10.4. The minimum atomic E-state index is -3.71. The Morgan fingerprint density at radius 1 is 1.03 bits per heavy atom. The summed E-state index contributed by atoms with van der Waals surface area (Å²) >= 11 is 6.19. The van der Waals surface area contributed by atoms with Crippen LogP contribution in [0.2, 0.25) is 5.02 Å². The third-order valence-corrected chi connectivity index (χ3v) is 7.26. The smallest absolute Gasteiger partial charge is 0.338 e. The first-order valence-electron chi connectivity index (χ1n) is 10.2. The van der Waals surface area contributed by atoms with E-state index in [1.165, 1.54) is 34.6 Å². The summed E-state index contributed by atoms with van der Waals surface area (Å²) in [6.07, 6.45) is 3.66. The van der Waals surface area contributed by atoms with E-state index in [0.717, 1.165) is 25.7 Å². The predicted octanol–water partition coefficient (Wildman–Crippen LogP) is 4.33. The van der Waals surface area contributed by atoms with E-state index in [1.807, 2.05) is 0 Å².